The predicted molar refractivity (Wildman–Crippen MR) is 188 cm³/mol. The Morgan fingerprint density at radius 3 is 2.25 bits per heavy atom. The number of likely N-dealkylation sites (tertiary alicyclic amines) is 3. The molecule has 1 aromatic heterocycles. The van der Waals surface area contributed by atoms with Gasteiger partial charge in [-0.3, -0.25) is 28.9 Å². The number of piperidine rings is 1. The van der Waals surface area contributed by atoms with Crippen LogP contribution in [0, 0.1) is 34.0 Å². The van der Waals surface area contributed by atoms with Crippen molar-refractivity contribution in [3.63, 3.8) is 0 Å². The van der Waals surface area contributed by atoms with Gasteiger partial charge in [-0.15, -0.1) is 24.5 Å². The third-order valence-electron chi connectivity index (χ3n) is 11.8. The molecule has 5 saturated heterocycles. The van der Waals surface area contributed by atoms with Gasteiger partial charge < -0.3 is 30.3 Å². The van der Waals surface area contributed by atoms with Gasteiger partial charge in [0.1, 0.15) is 4.88 Å². The molecule has 16 heteroatoms. The van der Waals surface area contributed by atoms with Crippen molar-refractivity contribution >= 4 is 35.0 Å². The number of thiazole rings is 1. The molecular weight excluding hydrogens is 703 g/mol. The molecule has 294 valence electrons. The maximum Gasteiger partial charge on any atom is 0.522 e. The summed E-state index contributed by atoms with van der Waals surface area (Å²) in [6.07, 6.45) is 5.76. The molecule has 5 aliphatic heterocycles. The quantitative estimate of drug-likeness (QED) is 0.397. The van der Waals surface area contributed by atoms with Crippen molar-refractivity contribution in [3.8, 4) is 0 Å². The molecular formula is C36H56F3N5O7S. The number of rotatable bonds is 8. The van der Waals surface area contributed by atoms with E-state index in [0.717, 1.165) is 25.9 Å². The lowest BCUT2D eigenvalue weighted by atomic mass is 9.71. The molecule has 7 aliphatic rings. The number of hydrogen-bond acceptors (Lipinski definition) is 9. The zero-order chi connectivity index (χ0) is 37.9. The Hall–Kier alpha value is -2.82. The van der Waals surface area contributed by atoms with Crippen molar-refractivity contribution in [3.05, 3.63) is 16.6 Å². The second-order valence-electron chi connectivity index (χ2n) is 16.3. The van der Waals surface area contributed by atoms with Crippen molar-refractivity contribution in [2.75, 3.05) is 59.1 Å². The van der Waals surface area contributed by atoms with Gasteiger partial charge in [-0.25, -0.2) is 0 Å². The zero-order valence-electron chi connectivity index (χ0n) is 30.5. The molecule has 3 N–H and O–H groups in total. The maximum absolute atomic E-state index is 12.6. The highest BCUT2D eigenvalue weighted by molar-refractivity contribution is 7.11. The number of carbonyl (C=O) groups is 4. The summed E-state index contributed by atoms with van der Waals surface area (Å²) in [5.41, 5.74) is 7.09. The largest absolute Gasteiger partial charge is 0.522 e. The number of aromatic nitrogens is 1. The van der Waals surface area contributed by atoms with Crippen molar-refractivity contribution in [1.29, 1.82) is 0 Å². The van der Waals surface area contributed by atoms with Gasteiger partial charge in [0, 0.05) is 69.8 Å². The topological polar surface area (TPSA) is 156 Å². The molecule has 2 saturated carbocycles. The number of aliphatic hydroxyl groups excluding tert-OH is 1. The van der Waals surface area contributed by atoms with Gasteiger partial charge in [0.25, 0.3) is 5.91 Å². The molecule has 2 bridgehead atoms. The highest BCUT2D eigenvalue weighted by atomic mass is 32.1. The van der Waals surface area contributed by atoms with Gasteiger partial charge in [-0.05, 0) is 56.8 Å². The van der Waals surface area contributed by atoms with Gasteiger partial charge in [-0.1, -0.05) is 20.8 Å². The average molecular weight is 760 g/mol. The second kappa shape index (κ2) is 16.3. The molecule has 8 rings (SSSR count). The number of nitrogens with two attached hydrogens (primary N) is 1. The van der Waals surface area contributed by atoms with Crippen molar-refractivity contribution in [1.82, 2.24) is 19.7 Å². The number of halogens is 3. The molecule has 1 spiro atoms. The fourth-order valence-corrected chi connectivity index (χ4v) is 8.90. The Morgan fingerprint density at radius 1 is 1.08 bits per heavy atom. The SMILES string of the molecule is CC1(C)C[C@@H]1C(=O)N1CC2(CN(C(=O)c3cncs3)C[C@H]2C(N)=O)C1.CCCC(=O)N1CCC[C@H](COC(F)(F)F)C1.OCC12CCC(CC1)OC2.[HH]. The third kappa shape index (κ3) is 9.64. The molecule has 0 unspecified atom stereocenters. The summed E-state index contributed by atoms with van der Waals surface area (Å²) < 4.78 is 45.0. The third-order valence-corrected chi connectivity index (χ3v) is 12.6. The minimum absolute atomic E-state index is 0. The van der Waals surface area contributed by atoms with Gasteiger partial charge >= 0.3 is 6.36 Å². The van der Waals surface area contributed by atoms with Crippen LogP contribution in [-0.2, 0) is 23.9 Å². The lowest BCUT2D eigenvalue weighted by Crippen LogP contribution is -2.64. The Morgan fingerprint density at radius 2 is 1.75 bits per heavy atom. The first-order valence-electron chi connectivity index (χ1n) is 18.5. The number of aliphatic hydroxyl groups is 1. The van der Waals surface area contributed by atoms with E-state index in [1.165, 1.54) is 37.0 Å². The molecule has 4 amide bonds. The maximum atomic E-state index is 12.6. The first kappa shape index (κ1) is 40.4. The van der Waals surface area contributed by atoms with Gasteiger partial charge in [0.05, 0.1) is 43.5 Å². The summed E-state index contributed by atoms with van der Waals surface area (Å²) in [5.74, 6) is -0.813. The fraction of sp³-hybridized carbons (Fsp3) is 0.806. The summed E-state index contributed by atoms with van der Waals surface area (Å²) in [6, 6.07) is 0. The minimum Gasteiger partial charge on any atom is -0.396 e. The van der Waals surface area contributed by atoms with Crippen LogP contribution in [0.25, 0.3) is 0 Å². The molecule has 7 fully saturated rings. The summed E-state index contributed by atoms with van der Waals surface area (Å²) >= 11 is 1.29. The van der Waals surface area contributed by atoms with Crippen LogP contribution in [0.5, 0.6) is 0 Å². The summed E-state index contributed by atoms with van der Waals surface area (Å²) in [4.78, 5) is 58.4. The van der Waals surface area contributed by atoms with E-state index in [1.807, 2.05) is 11.8 Å². The smallest absolute Gasteiger partial charge is 0.396 e. The van der Waals surface area contributed by atoms with E-state index in [1.54, 1.807) is 21.5 Å². The Bertz CT molecular complexity index is 1410. The standard InChI is InChI=1S/C17H22N4O3S.C11H18F3NO2.C8H14O2.H2/c1-16(2)3-10(16)14(23)21-7-17(8-21)6-20(5-11(17)13(18)22)15(24)12-4-19-9-25-12;1-2-4-10(16)15-6-3-5-9(7-15)8-17-11(12,13)14;9-5-8-3-1-7(2-4-8)10-6-8;/h4,9-11H,3,5-8H2,1-2H3,(H2,18,22);9H,2-8H2,1H3;7,9H,1-6H2;1H/t10-,11+;9-;;/m10../s1. The van der Waals surface area contributed by atoms with Gasteiger partial charge in [0.15, 0.2) is 0 Å². The Balaban J connectivity index is 0.000000194. The van der Waals surface area contributed by atoms with Crippen LogP contribution in [0.4, 0.5) is 13.2 Å². The van der Waals surface area contributed by atoms with E-state index < -0.39 is 18.2 Å². The molecule has 1 aromatic rings. The lowest BCUT2D eigenvalue weighted by molar-refractivity contribution is -0.329. The number of carbonyl (C=O) groups excluding carboxylic acids is 4. The molecule has 6 heterocycles. The van der Waals surface area contributed by atoms with Crippen LogP contribution in [0.2, 0.25) is 0 Å². The number of alkyl halides is 3. The molecule has 52 heavy (non-hydrogen) atoms. The summed E-state index contributed by atoms with van der Waals surface area (Å²) in [6.45, 7) is 9.73. The van der Waals surface area contributed by atoms with E-state index >= 15 is 0 Å². The van der Waals surface area contributed by atoms with Gasteiger partial charge in [-0.2, -0.15) is 0 Å². The predicted octanol–water partition coefficient (Wildman–Crippen LogP) is 4.32. The molecule has 0 aromatic carbocycles. The van der Waals surface area contributed by atoms with Crippen LogP contribution in [0.1, 0.15) is 89.7 Å². The fourth-order valence-electron chi connectivity index (χ4n) is 8.32. The van der Waals surface area contributed by atoms with Crippen molar-refractivity contribution < 1.29 is 48.4 Å². The van der Waals surface area contributed by atoms with Crippen LogP contribution < -0.4 is 5.73 Å². The molecule has 3 atom stereocenters. The number of primary amides is 1. The van der Waals surface area contributed by atoms with E-state index in [-0.39, 0.29) is 53.8 Å². The second-order valence-corrected chi connectivity index (χ2v) is 17.2. The average Bonchev–Trinajstić information content (AvgIpc) is 3.47. The number of ether oxygens (including phenoxy) is 2. The monoisotopic (exact) mass is 759 g/mol. The van der Waals surface area contributed by atoms with E-state index in [4.69, 9.17) is 15.6 Å². The van der Waals surface area contributed by atoms with E-state index in [0.29, 0.717) is 69.7 Å². The Kier molecular flexibility index (Phi) is 12.6. The normalized spacial score (nSPS) is 29.7. The van der Waals surface area contributed by atoms with Crippen LogP contribution >= 0.6 is 11.3 Å². The zero-order valence-corrected chi connectivity index (χ0v) is 31.3. The van der Waals surface area contributed by atoms with Crippen molar-refractivity contribution in [2.45, 2.75) is 91.0 Å². The lowest BCUT2D eigenvalue weighted by Gasteiger charge is -2.50. The summed E-state index contributed by atoms with van der Waals surface area (Å²) in [5, 5.41) is 9.09. The van der Waals surface area contributed by atoms with Crippen LogP contribution in [0.3, 0.4) is 0 Å². The highest BCUT2D eigenvalue weighted by Gasteiger charge is 2.61. The number of amides is 4. The number of nitrogens with zero attached hydrogens (tertiary/aromatic N) is 4. The highest BCUT2D eigenvalue weighted by Crippen LogP contribution is 2.54. The van der Waals surface area contributed by atoms with Gasteiger partial charge in [0.2, 0.25) is 17.7 Å². The Labute approximate surface area is 309 Å². The van der Waals surface area contributed by atoms with Crippen molar-refractivity contribution in [2.24, 2.45) is 39.7 Å². The first-order chi connectivity index (χ1) is 24.5. The van der Waals surface area contributed by atoms with Crippen LogP contribution in [-0.4, -0.2) is 120 Å². The molecule has 2 aliphatic carbocycles. The number of fused-ring (bicyclic) bond motifs is 3. The van der Waals surface area contributed by atoms with Crippen LogP contribution in [0.15, 0.2) is 11.7 Å². The van der Waals surface area contributed by atoms with E-state index in [2.05, 4.69) is 23.6 Å². The molecule has 12 nitrogen and oxygen atoms in total. The summed E-state index contributed by atoms with van der Waals surface area (Å²) in [7, 11) is 0. The molecule has 0 radical (unpaired) electrons. The first-order valence-corrected chi connectivity index (χ1v) is 19.3. The number of hydrogen-bond donors (Lipinski definition) is 2. The minimum atomic E-state index is -4.57. The van der Waals surface area contributed by atoms with E-state index in [9.17, 15) is 32.3 Å².